The number of β-lactam (4-membered cyclic amide) rings is 1. The summed E-state index contributed by atoms with van der Waals surface area (Å²) < 4.78 is 15.2. The molecule has 2 saturated heterocycles. The van der Waals surface area contributed by atoms with Crippen molar-refractivity contribution in [3.63, 3.8) is 0 Å². The second kappa shape index (κ2) is 7.17. The van der Waals surface area contributed by atoms with Crippen LogP contribution >= 0.6 is 0 Å². The topological polar surface area (TPSA) is 42.1 Å². The van der Waals surface area contributed by atoms with E-state index in [1.807, 2.05) is 0 Å². The van der Waals surface area contributed by atoms with Gasteiger partial charge in [0.25, 0.3) is 0 Å². The van der Waals surface area contributed by atoms with Crippen LogP contribution in [0.2, 0.25) is 36.3 Å². The zero-order chi connectivity index (χ0) is 22.2. The summed E-state index contributed by atoms with van der Waals surface area (Å²) in [4.78, 5) is 13.7. The zero-order valence-corrected chi connectivity index (χ0v) is 22.8. The smallest absolute Gasteiger partial charge is 0.222 e. The summed E-state index contributed by atoms with van der Waals surface area (Å²) in [7, 11) is -3.87. The minimum atomic E-state index is -1.94. The van der Waals surface area contributed by atoms with Gasteiger partial charge in [-0.1, -0.05) is 61.1 Å². The van der Waals surface area contributed by atoms with Gasteiger partial charge in [0, 0.05) is 12.0 Å². The van der Waals surface area contributed by atoms with Gasteiger partial charge in [-0.15, -0.1) is 0 Å². The highest BCUT2D eigenvalue weighted by Gasteiger charge is 2.65. The lowest BCUT2D eigenvalue weighted by atomic mass is 9.72. The molecule has 0 spiro atoms. The van der Waals surface area contributed by atoms with Crippen molar-refractivity contribution in [2.24, 2.45) is 11.8 Å². The molecule has 0 aromatic carbocycles. The second-order valence-corrected chi connectivity index (χ2v) is 22.7. The Morgan fingerprint density at radius 1 is 1.03 bits per heavy atom. The molecule has 2 heterocycles. The Hall–Kier alpha value is -0.176. The molecule has 3 fully saturated rings. The van der Waals surface area contributed by atoms with Gasteiger partial charge in [-0.05, 0) is 42.9 Å². The maximum Gasteiger partial charge on any atom is 0.222 e. The van der Waals surface area contributed by atoms with Crippen molar-refractivity contribution < 1.29 is 14.0 Å². The van der Waals surface area contributed by atoms with Gasteiger partial charge in [0.15, 0.2) is 16.6 Å². The highest BCUT2D eigenvalue weighted by atomic mass is 28.4. The van der Waals surface area contributed by atoms with E-state index in [1.54, 1.807) is 0 Å². The molecule has 1 saturated carbocycles. The van der Waals surface area contributed by atoms with Gasteiger partial charge in [0.2, 0.25) is 5.91 Å². The van der Waals surface area contributed by atoms with Crippen LogP contribution in [-0.4, -0.2) is 51.4 Å². The second-order valence-electron chi connectivity index (χ2n) is 12.9. The number of epoxide rings is 1. The summed E-state index contributed by atoms with van der Waals surface area (Å²) in [5.74, 6) is 0.817. The molecule has 0 unspecified atom stereocenters. The number of carbonyl (C=O) groups excluding carboxylic acids is 1. The van der Waals surface area contributed by atoms with Crippen LogP contribution in [0.15, 0.2) is 0 Å². The molecule has 3 aliphatic rings. The maximum absolute atomic E-state index is 13.7. The first kappa shape index (κ1) is 23.5. The number of amides is 1. The third-order valence-electron chi connectivity index (χ3n) is 8.93. The molecule has 1 amide bonds. The molecule has 29 heavy (non-hydrogen) atoms. The predicted molar refractivity (Wildman–Crippen MR) is 125 cm³/mol. The molecule has 3 rings (SSSR count). The zero-order valence-electron chi connectivity index (χ0n) is 20.8. The fraction of sp³-hybridized carbons (Fsp3) is 0.957. The summed E-state index contributed by atoms with van der Waals surface area (Å²) in [5.41, 5.74) is 0. The molecule has 2 aliphatic heterocycles. The number of hydrogen-bond acceptors (Lipinski definition) is 3. The number of hydrogen-bond donors (Lipinski definition) is 0. The van der Waals surface area contributed by atoms with E-state index in [1.165, 1.54) is 19.3 Å². The highest BCUT2D eigenvalue weighted by molar-refractivity contribution is 6.80. The quantitative estimate of drug-likeness (QED) is 0.309. The van der Waals surface area contributed by atoms with Gasteiger partial charge in [-0.2, -0.15) is 0 Å². The van der Waals surface area contributed by atoms with Crippen molar-refractivity contribution in [1.82, 2.24) is 4.57 Å². The van der Waals surface area contributed by atoms with Crippen LogP contribution in [0.4, 0.5) is 0 Å². The fourth-order valence-corrected chi connectivity index (χ4v) is 8.99. The minimum absolute atomic E-state index is 0.00815. The molecule has 6 atom stereocenters. The van der Waals surface area contributed by atoms with Gasteiger partial charge < -0.3 is 13.7 Å². The van der Waals surface area contributed by atoms with E-state index in [2.05, 4.69) is 79.2 Å². The number of nitrogens with zero attached hydrogens (tertiary/aromatic N) is 1. The number of carbonyl (C=O) groups is 1. The standard InChI is InChI=1S/C23H45NO3Si2/c1-15(27-29(10,11)23(5,6)7)18-19(16-13-12-14-17-20(16)26-17)24(21(18)25)28(8,9)22(2,3)4/h15-20H,12-14H2,1-11H3/t15-,16-,17+,18-,19-,20-/m1/s1. The average Bonchev–Trinajstić information content (AvgIpc) is 3.28. The van der Waals surface area contributed by atoms with Crippen molar-refractivity contribution in [3.05, 3.63) is 0 Å². The molecule has 168 valence electrons. The summed E-state index contributed by atoms with van der Waals surface area (Å²) >= 11 is 0. The summed E-state index contributed by atoms with van der Waals surface area (Å²) in [6.45, 7) is 25.3. The van der Waals surface area contributed by atoms with Gasteiger partial charge in [-0.25, -0.2) is 0 Å². The lowest BCUT2D eigenvalue weighted by molar-refractivity contribution is -0.159. The van der Waals surface area contributed by atoms with Crippen molar-refractivity contribution in [2.45, 2.75) is 128 Å². The Kier molecular flexibility index (Phi) is 5.81. The fourth-order valence-electron chi connectivity index (χ4n) is 5.04. The Balaban J connectivity index is 1.89. The van der Waals surface area contributed by atoms with Crippen molar-refractivity contribution in [2.75, 3.05) is 0 Å². The molecule has 6 heteroatoms. The van der Waals surface area contributed by atoms with Crippen LogP contribution in [0.3, 0.4) is 0 Å². The molecule has 0 radical (unpaired) electrons. The number of rotatable bonds is 5. The normalized spacial score (nSPS) is 34.5. The highest BCUT2D eigenvalue weighted by Crippen LogP contribution is 2.53. The molecular formula is C23H45NO3Si2. The monoisotopic (exact) mass is 439 g/mol. The Morgan fingerprint density at radius 2 is 1.62 bits per heavy atom. The van der Waals surface area contributed by atoms with Gasteiger partial charge >= 0.3 is 0 Å². The SMILES string of the molecule is C[C@@H](O[Si](C)(C)C(C)(C)C)[C@H]1C(=O)N([Si](C)(C)C(C)(C)C)[C@@H]1[C@H]1CCC[C@@H]2O[C@H]12. The minimum Gasteiger partial charge on any atom is -0.413 e. The van der Waals surface area contributed by atoms with Gasteiger partial charge in [-0.3, -0.25) is 4.79 Å². The third kappa shape index (κ3) is 3.92. The van der Waals surface area contributed by atoms with E-state index in [9.17, 15) is 4.79 Å². The van der Waals surface area contributed by atoms with E-state index in [4.69, 9.17) is 9.16 Å². The van der Waals surface area contributed by atoms with Crippen LogP contribution in [0.5, 0.6) is 0 Å². The lowest BCUT2D eigenvalue weighted by Crippen LogP contribution is -2.77. The van der Waals surface area contributed by atoms with Crippen LogP contribution in [0.1, 0.15) is 67.7 Å². The van der Waals surface area contributed by atoms with Gasteiger partial charge in [0.05, 0.1) is 24.2 Å². The third-order valence-corrected chi connectivity index (χ3v) is 18.9. The van der Waals surface area contributed by atoms with Crippen LogP contribution in [0.25, 0.3) is 0 Å². The molecule has 1 aliphatic carbocycles. The predicted octanol–water partition coefficient (Wildman–Crippen LogP) is 5.80. The van der Waals surface area contributed by atoms with Crippen LogP contribution < -0.4 is 0 Å². The Labute approximate surface area is 181 Å². The molecule has 4 nitrogen and oxygen atoms in total. The number of ether oxygens (including phenoxy) is 1. The van der Waals surface area contributed by atoms with Crippen molar-refractivity contribution >= 4 is 22.5 Å². The van der Waals surface area contributed by atoms with E-state index in [-0.39, 0.29) is 22.1 Å². The first-order valence-electron chi connectivity index (χ1n) is 11.7. The van der Waals surface area contributed by atoms with Gasteiger partial charge in [0.1, 0.15) is 0 Å². The molecule has 0 aromatic heterocycles. The van der Waals surface area contributed by atoms with Crippen LogP contribution in [-0.2, 0) is 14.0 Å². The van der Waals surface area contributed by atoms with Crippen molar-refractivity contribution in [1.29, 1.82) is 0 Å². The van der Waals surface area contributed by atoms with E-state index in [0.29, 0.717) is 30.1 Å². The van der Waals surface area contributed by atoms with Crippen LogP contribution in [0, 0.1) is 11.8 Å². The summed E-state index contributed by atoms with van der Waals surface area (Å²) in [6, 6.07) is 0.290. The van der Waals surface area contributed by atoms with E-state index >= 15 is 0 Å². The van der Waals surface area contributed by atoms with E-state index < -0.39 is 16.6 Å². The van der Waals surface area contributed by atoms with Crippen molar-refractivity contribution in [3.8, 4) is 0 Å². The molecule has 0 N–H and O–H groups in total. The Morgan fingerprint density at radius 3 is 2.14 bits per heavy atom. The molecule has 0 bridgehead atoms. The maximum atomic E-state index is 13.7. The Bertz CT molecular complexity index is 649. The molecular weight excluding hydrogens is 394 g/mol. The first-order chi connectivity index (χ1) is 13.0. The summed E-state index contributed by atoms with van der Waals surface area (Å²) in [6.07, 6.45) is 4.41. The first-order valence-corrected chi connectivity index (χ1v) is 17.5. The largest absolute Gasteiger partial charge is 0.413 e. The lowest BCUT2D eigenvalue weighted by Gasteiger charge is -2.62. The number of fused-ring (bicyclic) bond motifs is 1. The average molecular weight is 440 g/mol. The van der Waals surface area contributed by atoms with E-state index in [0.717, 1.165) is 0 Å². The summed E-state index contributed by atoms with van der Waals surface area (Å²) in [5, 5.41) is 0.298. The molecule has 0 aromatic rings.